The molecule has 2 heterocycles. The van der Waals surface area contributed by atoms with E-state index in [-0.39, 0.29) is 11.1 Å². The van der Waals surface area contributed by atoms with Crippen molar-refractivity contribution >= 4 is 21.8 Å². The predicted octanol–water partition coefficient (Wildman–Crippen LogP) is 15.2. The molecule has 0 saturated carbocycles. The summed E-state index contributed by atoms with van der Waals surface area (Å²) in [5.41, 5.74) is 18.4. The Kier molecular flexibility index (Phi) is 7.84. The fourth-order valence-corrected chi connectivity index (χ4v) is 9.00. The maximum Gasteiger partial charge on any atom is 0.160 e. The SMILES string of the molecule is CC1(C)c2cc(-c3ccccc3)ccc2-c2cc3c(cc21)c1cc(-c2nc(-c4ccccc4)cc(-c4ccccc4)n2)ccc1n3-c1ccc(-c2ccccc2)cc1.[HH].[HH].[HH].[HH]. The van der Waals surface area contributed by atoms with Crippen LogP contribution in [0.1, 0.15) is 30.7 Å². The number of nitrogens with zero attached hydrogens (tertiary/aromatic N) is 3. The summed E-state index contributed by atoms with van der Waals surface area (Å²) in [5.74, 6) is 0.706. The van der Waals surface area contributed by atoms with Crippen molar-refractivity contribution in [2.24, 2.45) is 0 Å². The quantitative estimate of drug-likeness (QED) is 0.169. The highest BCUT2D eigenvalue weighted by Gasteiger charge is 2.36. The summed E-state index contributed by atoms with van der Waals surface area (Å²) in [6.45, 7) is 4.75. The van der Waals surface area contributed by atoms with Gasteiger partial charge < -0.3 is 4.57 Å². The van der Waals surface area contributed by atoms with Crippen LogP contribution in [-0.2, 0) is 5.41 Å². The summed E-state index contributed by atoms with van der Waals surface area (Å²) in [4.78, 5) is 10.4. The fourth-order valence-electron chi connectivity index (χ4n) is 9.00. The lowest BCUT2D eigenvalue weighted by Gasteiger charge is -2.22. The van der Waals surface area contributed by atoms with Gasteiger partial charge in [0.15, 0.2) is 5.82 Å². The number of rotatable bonds is 6. The average molecular weight is 750 g/mol. The molecule has 0 amide bonds. The molecule has 0 radical (unpaired) electrons. The number of hydrogen-bond donors (Lipinski definition) is 0. The summed E-state index contributed by atoms with van der Waals surface area (Å²) in [5, 5.41) is 2.39. The standard InChI is InChI=1S/C55H39N3.4H2/c1-55(2)48-32-41(37-17-9-4-10-18-37)25-29-44(48)45-34-53-47(33-49(45)55)46-31-42(26-30-52(46)58(53)43-27-23-38(24-28-43)36-15-7-3-8-16-36)54-56-50(39-19-11-5-12-20-39)35-51(57-54)40-21-13-6-14-22-40;;;;/h3-35H,1-2H3;4*1H. The minimum absolute atomic E-state index is 0. The van der Waals surface area contributed by atoms with Crippen molar-refractivity contribution in [3.8, 4) is 73.0 Å². The third kappa shape index (κ3) is 5.58. The zero-order chi connectivity index (χ0) is 38.8. The van der Waals surface area contributed by atoms with E-state index in [4.69, 9.17) is 9.97 Å². The van der Waals surface area contributed by atoms with Crippen molar-refractivity contribution in [3.05, 3.63) is 211 Å². The van der Waals surface area contributed by atoms with Crippen LogP contribution in [0.5, 0.6) is 0 Å². The molecular formula is C55H47N3. The maximum atomic E-state index is 5.21. The van der Waals surface area contributed by atoms with E-state index in [1.807, 2.05) is 12.1 Å². The Bertz CT molecular complexity index is 3110. The number of benzene rings is 8. The van der Waals surface area contributed by atoms with E-state index in [0.717, 1.165) is 39.3 Å². The molecule has 0 aliphatic heterocycles. The summed E-state index contributed by atoms with van der Waals surface area (Å²) in [6, 6.07) is 71.8. The van der Waals surface area contributed by atoms with E-state index in [1.54, 1.807) is 0 Å². The van der Waals surface area contributed by atoms with Crippen molar-refractivity contribution in [2.75, 3.05) is 0 Å². The third-order valence-corrected chi connectivity index (χ3v) is 12.0. The molecule has 8 aromatic carbocycles. The highest BCUT2D eigenvalue weighted by atomic mass is 15.0. The Morgan fingerprint density at radius 1 is 0.379 bits per heavy atom. The van der Waals surface area contributed by atoms with E-state index < -0.39 is 0 Å². The molecule has 3 heteroatoms. The van der Waals surface area contributed by atoms with Crippen LogP contribution in [0.25, 0.3) is 94.8 Å². The van der Waals surface area contributed by atoms with Crippen molar-refractivity contribution in [1.82, 2.24) is 14.5 Å². The molecule has 1 aliphatic rings. The van der Waals surface area contributed by atoms with Gasteiger partial charge in [0, 0.05) is 44.3 Å². The largest absolute Gasteiger partial charge is 0.309 e. The monoisotopic (exact) mass is 749 g/mol. The van der Waals surface area contributed by atoms with E-state index in [9.17, 15) is 0 Å². The highest BCUT2D eigenvalue weighted by Crippen LogP contribution is 2.52. The normalized spacial score (nSPS) is 12.8. The second-order valence-corrected chi connectivity index (χ2v) is 15.8. The molecule has 2 aromatic heterocycles. The molecule has 0 saturated heterocycles. The van der Waals surface area contributed by atoms with Crippen molar-refractivity contribution in [1.29, 1.82) is 0 Å². The summed E-state index contributed by atoms with van der Waals surface area (Å²) in [6.07, 6.45) is 0. The highest BCUT2D eigenvalue weighted by molar-refractivity contribution is 6.12. The zero-order valence-electron chi connectivity index (χ0n) is 32.4. The van der Waals surface area contributed by atoms with Gasteiger partial charge in [-0.05, 0) is 99.1 Å². The van der Waals surface area contributed by atoms with Gasteiger partial charge in [0.1, 0.15) is 0 Å². The van der Waals surface area contributed by atoms with Crippen LogP contribution in [0.3, 0.4) is 0 Å². The zero-order valence-corrected chi connectivity index (χ0v) is 32.4. The van der Waals surface area contributed by atoms with Gasteiger partial charge in [0.05, 0.1) is 22.4 Å². The first kappa shape index (κ1) is 33.9. The summed E-state index contributed by atoms with van der Waals surface area (Å²) in [7, 11) is 0. The minimum Gasteiger partial charge on any atom is -0.309 e. The average Bonchev–Trinajstić information content (AvgIpc) is 3.73. The van der Waals surface area contributed by atoms with Crippen LogP contribution >= 0.6 is 0 Å². The first-order valence-electron chi connectivity index (χ1n) is 20.0. The van der Waals surface area contributed by atoms with Gasteiger partial charge in [0.25, 0.3) is 0 Å². The molecule has 0 spiro atoms. The molecule has 1 aliphatic carbocycles. The van der Waals surface area contributed by atoms with Crippen LogP contribution in [0, 0.1) is 0 Å². The smallest absolute Gasteiger partial charge is 0.160 e. The second-order valence-electron chi connectivity index (χ2n) is 15.8. The van der Waals surface area contributed by atoms with Crippen molar-refractivity contribution < 1.29 is 5.71 Å². The van der Waals surface area contributed by atoms with Gasteiger partial charge in [-0.15, -0.1) is 0 Å². The maximum absolute atomic E-state index is 5.21. The van der Waals surface area contributed by atoms with E-state index >= 15 is 0 Å². The minimum atomic E-state index is -0.190. The Morgan fingerprint density at radius 2 is 0.862 bits per heavy atom. The van der Waals surface area contributed by atoms with Gasteiger partial charge in [0.2, 0.25) is 0 Å². The molecule has 58 heavy (non-hydrogen) atoms. The fraction of sp³-hybridized carbons (Fsp3) is 0.0545. The van der Waals surface area contributed by atoms with Gasteiger partial charge in [-0.2, -0.15) is 0 Å². The van der Waals surface area contributed by atoms with Gasteiger partial charge in [-0.3, -0.25) is 0 Å². The molecule has 11 rings (SSSR count). The lowest BCUT2D eigenvalue weighted by atomic mass is 9.81. The Hall–Kier alpha value is -7.36. The number of fused-ring (bicyclic) bond motifs is 6. The molecule has 10 aromatic rings. The van der Waals surface area contributed by atoms with E-state index in [1.165, 1.54) is 60.8 Å². The molecule has 0 unspecified atom stereocenters. The summed E-state index contributed by atoms with van der Waals surface area (Å²) >= 11 is 0. The topological polar surface area (TPSA) is 30.7 Å². The first-order valence-corrected chi connectivity index (χ1v) is 20.0. The molecule has 0 atom stereocenters. The van der Waals surface area contributed by atoms with Gasteiger partial charge in [-0.1, -0.05) is 159 Å². The third-order valence-electron chi connectivity index (χ3n) is 12.0. The van der Waals surface area contributed by atoms with Gasteiger partial charge >= 0.3 is 0 Å². The molecule has 282 valence electrons. The van der Waals surface area contributed by atoms with Crippen LogP contribution in [-0.4, -0.2) is 14.5 Å². The molecule has 0 fully saturated rings. The summed E-state index contributed by atoms with van der Waals surface area (Å²) < 4.78 is 2.43. The molecule has 3 nitrogen and oxygen atoms in total. The Morgan fingerprint density at radius 3 is 1.47 bits per heavy atom. The van der Waals surface area contributed by atoms with Crippen LogP contribution in [0.15, 0.2) is 200 Å². The first-order chi connectivity index (χ1) is 28.5. The van der Waals surface area contributed by atoms with E-state index in [0.29, 0.717) is 5.82 Å². The van der Waals surface area contributed by atoms with Gasteiger partial charge in [-0.25, -0.2) is 9.97 Å². The predicted molar refractivity (Wildman–Crippen MR) is 250 cm³/mol. The number of hydrogen-bond acceptors (Lipinski definition) is 2. The van der Waals surface area contributed by atoms with Crippen molar-refractivity contribution in [3.63, 3.8) is 0 Å². The molecule has 0 bridgehead atoms. The Balaban J connectivity index is 0.00000144. The lowest BCUT2D eigenvalue weighted by Crippen LogP contribution is -2.15. The van der Waals surface area contributed by atoms with E-state index in [2.05, 4.69) is 206 Å². The van der Waals surface area contributed by atoms with Crippen LogP contribution in [0.4, 0.5) is 0 Å². The lowest BCUT2D eigenvalue weighted by molar-refractivity contribution is 0.661. The molecular weight excluding hydrogens is 703 g/mol. The second kappa shape index (κ2) is 13.4. The number of aromatic nitrogens is 3. The van der Waals surface area contributed by atoms with Crippen LogP contribution in [0.2, 0.25) is 0 Å². The Labute approximate surface area is 344 Å². The van der Waals surface area contributed by atoms with Crippen molar-refractivity contribution in [2.45, 2.75) is 19.3 Å². The van der Waals surface area contributed by atoms with Crippen LogP contribution < -0.4 is 0 Å². The molecule has 0 N–H and O–H groups in total.